The number of pyridine rings is 1. The van der Waals surface area contributed by atoms with Crippen molar-refractivity contribution in [2.45, 2.75) is 24.9 Å². The van der Waals surface area contributed by atoms with Crippen LogP contribution in [0.5, 0.6) is 0 Å². The fourth-order valence-corrected chi connectivity index (χ4v) is 2.78. The zero-order valence-electron chi connectivity index (χ0n) is 13.9. The summed E-state index contributed by atoms with van der Waals surface area (Å²) >= 11 is 0. The van der Waals surface area contributed by atoms with E-state index in [-0.39, 0.29) is 29.6 Å². The summed E-state index contributed by atoms with van der Waals surface area (Å²) in [5.74, 6) is -0.139. The van der Waals surface area contributed by atoms with Gasteiger partial charge < -0.3 is 9.88 Å². The van der Waals surface area contributed by atoms with Crippen molar-refractivity contribution in [1.82, 2.24) is 19.1 Å². The van der Waals surface area contributed by atoms with Crippen LogP contribution >= 0.6 is 0 Å². The lowest BCUT2D eigenvalue weighted by Crippen LogP contribution is -2.38. The molecule has 0 fully saturated rings. The molecule has 1 aromatic rings. The molecule has 0 aliphatic rings. The number of nitrogens with zero attached hydrogens (tertiary/aromatic N) is 3. The molecule has 0 bridgehead atoms. The molecule has 130 valence electrons. The molecule has 1 amide bonds. The largest absolute Gasteiger partial charge is 0.355 e. The molecule has 0 aromatic carbocycles. The highest BCUT2D eigenvalue weighted by Crippen LogP contribution is 2.10. The standard InChI is InChI=1S/C14H24N4O4S/c1-5-8-15-13(19)10-17(4)11-18-9-12(6-7-14(18)20)23(21,22)16(2)3/h6-7,9H,5,8,10-11H2,1-4H3,(H,15,19). The van der Waals surface area contributed by atoms with E-state index in [0.29, 0.717) is 6.54 Å². The molecule has 1 aromatic heterocycles. The molecule has 23 heavy (non-hydrogen) atoms. The highest BCUT2D eigenvalue weighted by atomic mass is 32.2. The molecule has 0 atom stereocenters. The summed E-state index contributed by atoms with van der Waals surface area (Å²) < 4.78 is 26.6. The number of carbonyl (C=O) groups excluding carboxylic acids is 1. The van der Waals surface area contributed by atoms with E-state index in [9.17, 15) is 18.0 Å². The SMILES string of the molecule is CCCNC(=O)CN(C)Cn1cc(S(=O)(=O)N(C)C)ccc1=O. The second-order valence-corrected chi connectivity index (χ2v) is 7.62. The Morgan fingerprint density at radius 1 is 1.26 bits per heavy atom. The van der Waals surface area contributed by atoms with Crippen molar-refractivity contribution in [3.63, 3.8) is 0 Å². The predicted octanol–water partition coefficient (Wildman–Crippen LogP) is -0.486. The van der Waals surface area contributed by atoms with Gasteiger partial charge in [0.1, 0.15) is 0 Å². The average Bonchev–Trinajstić information content (AvgIpc) is 2.46. The van der Waals surface area contributed by atoms with Gasteiger partial charge >= 0.3 is 0 Å². The average molecular weight is 344 g/mol. The Morgan fingerprint density at radius 3 is 2.48 bits per heavy atom. The molecule has 1 heterocycles. The van der Waals surface area contributed by atoms with E-state index < -0.39 is 10.0 Å². The van der Waals surface area contributed by atoms with E-state index in [1.165, 1.54) is 37.0 Å². The predicted molar refractivity (Wildman–Crippen MR) is 87.5 cm³/mol. The Hall–Kier alpha value is -1.71. The van der Waals surface area contributed by atoms with Gasteiger partial charge in [-0.15, -0.1) is 0 Å². The number of hydrogen-bond donors (Lipinski definition) is 1. The third-order valence-electron chi connectivity index (χ3n) is 3.11. The summed E-state index contributed by atoms with van der Waals surface area (Å²) in [6, 6.07) is 2.49. The summed E-state index contributed by atoms with van der Waals surface area (Å²) in [6.07, 6.45) is 2.14. The maximum absolute atomic E-state index is 12.1. The van der Waals surface area contributed by atoms with Crippen LogP contribution in [0.15, 0.2) is 28.0 Å². The fraction of sp³-hybridized carbons (Fsp3) is 0.571. The lowest BCUT2D eigenvalue weighted by atomic mass is 10.4. The quantitative estimate of drug-likeness (QED) is 0.687. The van der Waals surface area contributed by atoms with Crippen LogP contribution < -0.4 is 10.9 Å². The second kappa shape index (κ2) is 8.23. The number of sulfonamides is 1. The lowest BCUT2D eigenvalue weighted by molar-refractivity contribution is -0.122. The number of aromatic nitrogens is 1. The van der Waals surface area contributed by atoms with Gasteiger partial charge in [-0.3, -0.25) is 14.5 Å². The van der Waals surface area contributed by atoms with E-state index in [4.69, 9.17) is 0 Å². The molecular formula is C14H24N4O4S. The fourth-order valence-electron chi connectivity index (χ4n) is 1.86. The smallest absolute Gasteiger partial charge is 0.251 e. The maximum Gasteiger partial charge on any atom is 0.251 e. The first-order valence-corrected chi connectivity index (χ1v) is 8.70. The van der Waals surface area contributed by atoms with Gasteiger partial charge in [0.25, 0.3) is 5.56 Å². The molecule has 8 nitrogen and oxygen atoms in total. The van der Waals surface area contributed by atoms with Crippen molar-refractivity contribution in [2.75, 3.05) is 34.2 Å². The third kappa shape index (κ3) is 5.45. The topological polar surface area (TPSA) is 91.7 Å². The minimum Gasteiger partial charge on any atom is -0.355 e. The Labute approximate surface area is 136 Å². The number of carbonyl (C=O) groups is 1. The van der Waals surface area contributed by atoms with Gasteiger partial charge in [0.15, 0.2) is 0 Å². The number of hydrogen-bond acceptors (Lipinski definition) is 5. The van der Waals surface area contributed by atoms with Gasteiger partial charge in [-0.1, -0.05) is 6.92 Å². The van der Waals surface area contributed by atoms with Crippen LogP contribution in [0, 0.1) is 0 Å². The Morgan fingerprint density at radius 2 is 1.91 bits per heavy atom. The van der Waals surface area contributed by atoms with Gasteiger partial charge in [-0.05, 0) is 19.5 Å². The van der Waals surface area contributed by atoms with Crippen molar-refractivity contribution in [1.29, 1.82) is 0 Å². The minimum atomic E-state index is -3.61. The number of amides is 1. The molecule has 0 unspecified atom stereocenters. The van der Waals surface area contributed by atoms with Gasteiger partial charge in [0.2, 0.25) is 15.9 Å². The zero-order chi connectivity index (χ0) is 17.6. The second-order valence-electron chi connectivity index (χ2n) is 5.47. The van der Waals surface area contributed by atoms with Crippen LogP contribution in [0.2, 0.25) is 0 Å². The summed E-state index contributed by atoms with van der Waals surface area (Å²) in [5.41, 5.74) is -0.330. The minimum absolute atomic E-state index is 0.0333. The molecule has 0 saturated carbocycles. The van der Waals surface area contributed by atoms with E-state index in [0.717, 1.165) is 10.7 Å². The molecular weight excluding hydrogens is 320 g/mol. The maximum atomic E-state index is 12.1. The molecule has 0 aliphatic carbocycles. The van der Waals surface area contributed by atoms with Crippen molar-refractivity contribution in [3.8, 4) is 0 Å². The van der Waals surface area contributed by atoms with Crippen molar-refractivity contribution in [3.05, 3.63) is 28.7 Å². The van der Waals surface area contributed by atoms with Gasteiger partial charge in [0.05, 0.1) is 18.1 Å². The lowest BCUT2D eigenvalue weighted by Gasteiger charge is -2.19. The number of nitrogens with one attached hydrogen (secondary N) is 1. The number of likely N-dealkylation sites (N-methyl/N-ethyl adjacent to an activating group) is 1. The van der Waals surface area contributed by atoms with Crippen LogP contribution in [0.3, 0.4) is 0 Å². The first-order chi connectivity index (χ1) is 10.7. The van der Waals surface area contributed by atoms with Crippen LogP contribution in [-0.2, 0) is 21.5 Å². The zero-order valence-corrected chi connectivity index (χ0v) is 14.8. The van der Waals surface area contributed by atoms with Crippen molar-refractivity contribution in [2.24, 2.45) is 0 Å². The molecule has 0 saturated heterocycles. The van der Waals surface area contributed by atoms with E-state index in [1.807, 2.05) is 6.92 Å². The molecule has 0 aliphatic heterocycles. The van der Waals surface area contributed by atoms with Gasteiger partial charge in [-0.25, -0.2) is 12.7 Å². The van der Waals surface area contributed by atoms with E-state index >= 15 is 0 Å². The summed E-state index contributed by atoms with van der Waals surface area (Å²) in [7, 11) is 0.926. The van der Waals surface area contributed by atoms with Crippen LogP contribution in [0.1, 0.15) is 13.3 Å². The highest BCUT2D eigenvalue weighted by molar-refractivity contribution is 7.89. The monoisotopic (exact) mass is 344 g/mol. The van der Waals surface area contributed by atoms with Crippen LogP contribution in [0.4, 0.5) is 0 Å². The van der Waals surface area contributed by atoms with E-state index in [1.54, 1.807) is 11.9 Å². The first kappa shape index (κ1) is 19.3. The Kier molecular flexibility index (Phi) is 6.92. The molecule has 9 heteroatoms. The molecule has 0 radical (unpaired) electrons. The highest BCUT2D eigenvalue weighted by Gasteiger charge is 2.18. The molecule has 1 N–H and O–H groups in total. The molecule has 1 rings (SSSR count). The molecule has 0 spiro atoms. The third-order valence-corrected chi connectivity index (χ3v) is 4.91. The van der Waals surface area contributed by atoms with Crippen molar-refractivity contribution >= 4 is 15.9 Å². The van der Waals surface area contributed by atoms with Crippen LogP contribution in [-0.4, -0.2) is 62.3 Å². The van der Waals surface area contributed by atoms with Crippen molar-refractivity contribution < 1.29 is 13.2 Å². The Bertz CT molecular complexity index is 697. The Balaban J connectivity index is 2.89. The van der Waals surface area contributed by atoms with E-state index in [2.05, 4.69) is 5.32 Å². The van der Waals surface area contributed by atoms with Crippen LogP contribution in [0.25, 0.3) is 0 Å². The summed E-state index contributed by atoms with van der Waals surface area (Å²) in [4.78, 5) is 25.2. The summed E-state index contributed by atoms with van der Waals surface area (Å²) in [5, 5.41) is 2.74. The first-order valence-electron chi connectivity index (χ1n) is 7.26. The number of rotatable bonds is 8. The normalized spacial score (nSPS) is 11.9. The van der Waals surface area contributed by atoms with Gasteiger partial charge in [0, 0.05) is 32.9 Å². The summed E-state index contributed by atoms with van der Waals surface area (Å²) in [6.45, 7) is 2.80. The van der Waals surface area contributed by atoms with Gasteiger partial charge in [-0.2, -0.15) is 0 Å².